The largest absolute Gasteiger partial charge is 0.281 e. The van der Waals surface area contributed by atoms with E-state index in [0.29, 0.717) is 0 Å². The predicted octanol–water partition coefficient (Wildman–Crippen LogP) is 11.1. The smallest absolute Gasteiger partial charge is 0.235 e. The summed E-state index contributed by atoms with van der Waals surface area (Å²) in [5.41, 5.74) is 7.02. The van der Waals surface area contributed by atoms with Crippen molar-refractivity contribution in [3.63, 3.8) is 0 Å². The molecule has 2 aliphatic rings. The van der Waals surface area contributed by atoms with E-state index in [-0.39, 0.29) is 5.92 Å². The first-order chi connectivity index (χ1) is 21.3. The molecule has 3 aromatic heterocycles. The van der Waals surface area contributed by atoms with Crippen molar-refractivity contribution in [3.8, 4) is 11.3 Å². The van der Waals surface area contributed by atoms with Crippen molar-refractivity contribution in [1.82, 2.24) is 9.97 Å². The monoisotopic (exact) mass is 585 g/mol. The van der Waals surface area contributed by atoms with E-state index in [2.05, 4.69) is 126 Å². The van der Waals surface area contributed by atoms with E-state index in [1.165, 1.54) is 58.0 Å². The van der Waals surface area contributed by atoms with Gasteiger partial charge in [0.05, 0.1) is 26.3 Å². The molecule has 0 amide bonds. The van der Waals surface area contributed by atoms with Crippen LogP contribution >= 0.6 is 22.7 Å². The van der Waals surface area contributed by atoms with Crippen molar-refractivity contribution in [2.24, 2.45) is 0 Å². The lowest BCUT2D eigenvalue weighted by Gasteiger charge is -2.23. The molecule has 43 heavy (non-hydrogen) atoms. The molecule has 0 N–H and O–H groups in total. The summed E-state index contributed by atoms with van der Waals surface area (Å²) in [5.74, 6) is 0.993. The molecule has 0 spiro atoms. The van der Waals surface area contributed by atoms with Crippen molar-refractivity contribution in [2.45, 2.75) is 12.3 Å². The SMILES string of the molecule is C1=CCC2C(=C1)N(c1nc(-c3ccccc3)c3sc4ccccc4c3n1)c1c2c2ccccc2c2c1sc1ccccc12. The first kappa shape index (κ1) is 23.7. The van der Waals surface area contributed by atoms with E-state index >= 15 is 0 Å². The van der Waals surface area contributed by atoms with E-state index in [4.69, 9.17) is 9.97 Å². The molecule has 1 aliphatic carbocycles. The minimum atomic E-state index is 0.248. The number of aromatic nitrogens is 2. The van der Waals surface area contributed by atoms with Gasteiger partial charge in [0.2, 0.25) is 5.95 Å². The standard InChI is InChI=1S/C38H23N3S2/c1-2-12-22(13-3-1)33-37-34(27-18-8-11-21-30(27)43-37)40-38(39-33)41-28-19-9-6-16-25(28)31-23-14-4-5-15-24(23)32-26-17-7-10-20-29(26)42-36(32)35(31)41/h1-15,17-21,25H,16H2. The Kier molecular flexibility index (Phi) is 4.87. The Hall–Kier alpha value is -4.84. The Labute approximate surface area is 255 Å². The van der Waals surface area contributed by atoms with Gasteiger partial charge in [-0.05, 0) is 41.0 Å². The average molecular weight is 586 g/mol. The Morgan fingerprint density at radius 3 is 2.16 bits per heavy atom. The van der Waals surface area contributed by atoms with Gasteiger partial charge < -0.3 is 0 Å². The van der Waals surface area contributed by atoms with Gasteiger partial charge in [-0.15, -0.1) is 22.7 Å². The molecular weight excluding hydrogens is 563 g/mol. The maximum atomic E-state index is 5.44. The zero-order valence-corrected chi connectivity index (χ0v) is 24.6. The number of hydrogen-bond donors (Lipinski definition) is 0. The second-order valence-electron chi connectivity index (χ2n) is 11.3. The molecule has 0 radical (unpaired) electrons. The molecule has 1 atom stereocenters. The molecule has 0 fully saturated rings. The summed E-state index contributed by atoms with van der Waals surface area (Å²) in [6.45, 7) is 0. The maximum Gasteiger partial charge on any atom is 0.235 e. The number of rotatable bonds is 2. The Morgan fingerprint density at radius 2 is 1.33 bits per heavy atom. The highest BCUT2D eigenvalue weighted by Crippen LogP contribution is 2.58. The molecule has 8 aromatic rings. The van der Waals surface area contributed by atoms with Crippen LogP contribution in [0.1, 0.15) is 17.9 Å². The predicted molar refractivity (Wildman–Crippen MR) is 184 cm³/mol. The lowest BCUT2D eigenvalue weighted by Crippen LogP contribution is -2.17. The summed E-state index contributed by atoms with van der Waals surface area (Å²) in [5, 5.41) is 6.48. The average Bonchev–Trinajstić information content (AvgIpc) is 3.75. The van der Waals surface area contributed by atoms with Crippen LogP contribution in [-0.2, 0) is 0 Å². The van der Waals surface area contributed by atoms with Crippen molar-refractivity contribution < 1.29 is 0 Å². The van der Waals surface area contributed by atoms with Crippen molar-refractivity contribution >= 4 is 85.6 Å². The summed E-state index contributed by atoms with van der Waals surface area (Å²) < 4.78 is 4.99. The number of benzene rings is 5. The quantitative estimate of drug-likeness (QED) is 0.202. The summed E-state index contributed by atoms with van der Waals surface area (Å²) in [6.07, 6.45) is 7.75. The lowest BCUT2D eigenvalue weighted by atomic mass is 9.87. The fourth-order valence-corrected chi connectivity index (χ4v) is 9.59. The van der Waals surface area contributed by atoms with Crippen LogP contribution in [0, 0.1) is 0 Å². The molecule has 5 aromatic carbocycles. The first-order valence-corrected chi connectivity index (χ1v) is 16.3. The number of allylic oxidation sites excluding steroid dienone is 4. The fourth-order valence-electron chi connectivity index (χ4n) is 7.17. The van der Waals surface area contributed by atoms with Gasteiger partial charge in [0.1, 0.15) is 0 Å². The number of hydrogen-bond acceptors (Lipinski definition) is 5. The number of thiophene rings is 2. The molecule has 1 aliphatic heterocycles. The van der Waals surface area contributed by atoms with Crippen LogP contribution < -0.4 is 4.90 Å². The van der Waals surface area contributed by atoms with E-state index in [1.807, 2.05) is 11.3 Å². The van der Waals surface area contributed by atoms with E-state index in [9.17, 15) is 0 Å². The summed E-state index contributed by atoms with van der Waals surface area (Å²) >= 11 is 3.67. The highest BCUT2D eigenvalue weighted by molar-refractivity contribution is 7.27. The minimum Gasteiger partial charge on any atom is -0.281 e. The fraction of sp³-hybridized carbons (Fsp3) is 0.0526. The third-order valence-corrected chi connectivity index (χ3v) is 11.3. The molecule has 4 heterocycles. The van der Waals surface area contributed by atoms with Gasteiger partial charge in [0.25, 0.3) is 0 Å². The number of anilines is 2. The summed E-state index contributed by atoms with van der Waals surface area (Å²) in [6, 6.07) is 37.0. The third-order valence-electron chi connectivity index (χ3n) is 8.97. The van der Waals surface area contributed by atoms with Gasteiger partial charge in [0.15, 0.2) is 0 Å². The number of nitrogens with zero attached hydrogens (tertiary/aromatic N) is 3. The van der Waals surface area contributed by atoms with Crippen molar-refractivity contribution in [2.75, 3.05) is 4.90 Å². The van der Waals surface area contributed by atoms with Crippen LogP contribution in [0.4, 0.5) is 11.6 Å². The molecule has 0 bridgehead atoms. The van der Waals surface area contributed by atoms with Gasteiger partial charge in [0, 0.05) is 42.7 Å². The van der Waals surface area contributed by atoms with Gasteiger partial charge in [-0.2, -0.15) is 0 Å². The van der Waals surface area contributed by atoms with Crippen LogP contribution in [0.25, 0.3) is 62.5 Å². The third kappa shape index (κ3) is 3.24. The van der Waals surface area contributed by atoms with Crippen LogP contribution in [0.2, 0.25) is 0 Å². The summed E-state index contributed by atoms with van der Waals surface area (Å²) in [4.78, 5) is 13.3. The second-order valence-corrected chi connectivity index (χ2v) is 13.4. The number of fused-ring (bicyclic) bond motifs is 13. The maximum absolute atomic E-state index is 5.44. The van der Waals surface area contributed by atoms with Crippen LogP contribution in [0.15, 0.2) is 127 Å². The molecule has 10 rings (SSSR count). The lowest BCUT2D eigenvalue weighted by molar-refractivity contribution is 0.819. The summed E-state index contributed by atoms with van der Waals surface area (Å²) in [7, 11) is 0. The van der Waals surface area contributed by atoms with Crippen LogP contribution in [0.3, 0.4) is 0 Å². The van der Waals surface area contributed by atoms with Gasteiger partial charge in [-0.1, -0.05) is 103 Å². The van der Waals surface area contributed by atoms with Crippen LogP contribution in [0.5, 0.6) is 0 Å². The van der Waals surface area contributed by atoms with Gasteiger partial charge >= 0.3 is 0 Å². The Bertz CT molecular complexity index is 2500. The molecular formula is C38H23N3S2. The highest BCUT2D eigenvalue weighted by atomic mass is 32.1. The molecule has 3 nitrogen and oxygen atoms in total. The Morgan fingerprint density at radius 1 is 0.651 bits per heavy atom. The molecule has 202 valence electrons. The van der Waals surface area contributed by atoms with E-state index in [0.717, 1.165) is 33.8 Å². The second kappa shape index (κ2) is 8.83. The first-order valence-electron chi connectivity index (χ1n) is 14.6. The molecule has 0 saturated heterocycles. The molecule has 0 saturated carbocycles. The van der Waals surface area contributed by atoms with Crippen LogP contribution in [-0.4, -0.2) is 9.97 Å². The highest BCUT2D eigenvalue weighted by Gasteiger charge is 2.40. The van der Waals surface area contributed by atoms with Crippen molar-refractivity contribution in [1.29, 1.82) is 0 Å². The molecule has 1 unspecified atom stereocenters. The van der Waals surface area contributed by atoms with Gasteiger partial charge in [-0.25, -0.2) is 9.97 Å². The van der Waals surface area contributed by atoms with Crippen molar-refractivity contribution in [3.05, 3.63) is 133 Å². The van der Waals surface area contributed by atoms with Gasteiger partial charge in [-0.3, -0.25) is 4.90 Å². The topological polar surface area (TPSA) is 29.0 Å². The zero-order chi connectivity index (χ0) is 28.1. The minimum absolute atomic E-state index is 0.248. The molecule has 5 heteroatoms. The normalized spacial score (nSPS) is 16.0. The zero-order valence-electron chi connectivity index (χ0n) is 23.0. The van der Waals surface area contributed by atoms with E-state index < -0.39 is 0 Å². The Balaban J connectivity index is 1.37. The van der Waals surface area contributed by atoms with E-state index in [1.54, 1.807) is 11.3 Å².